The van der Waals surface area contributed by atoms with Crippen LogP contribution in [0.25, 0.3) is 0 Å². The molecule has 22 heavy (non-hydrogen) atoms. The Bertz CT molecular complexity index is 333. The Morgan fingerprint density at radius 3 is 2.55 bits per heavy atom. The van der Waals surface area contributed by atoms with Crippen molar-refractivity contribution in [3.05, 3.63) is 0 Å². The molecule has 1 rings (SSSR count). The predicted molar refractivity (Wildman–Crippen MR) is 84.9 cm³/mol. The van der Waals surface area contributed by atoms with Gasteiger partial charge in [0.1, 0.15) is 5.60 Å². The van der Waals surface area contributed by atoms with Crippen molar-refractivity contribution >= 4 is 6.09 Å². The van der Waals surface area contributed by atoms with Crippen LogP contribution in [0.4, 0.5) is 4.79 Å². The van der Waals surface area contributed by atoms with E-state index in [4.69, 9.17) is 19.9 Å². The fourth-order valence-corrected chi connectivity index (χ4v) is 2.33. The van der Waals surface area contributed by atoms with Crippen LogP contribution in [0.1, 0.15) is 20.8 Å². The van der Waals surface area contributed by atoms with Gasteiger partial charge in [-0.1, -0.05) is 0 Å². The van der Waals surface area contributed by atoms with E-state index in [1.54, 1.807) is 12.0 Å². The average Bonchev–Trinajstić information content (AvgIpc) is 2.45. The number of ether oxygens (including phenoxy) is 3. The van der Waals surface area contributed by atoms with E-state index in [9.17, 15) is 4.79 Å². The number of carbonyl (C=O) groups excluding carboxylic acids is 1. The first kappa shape index (κ1) is 19.2. The average molecular weight is 317 g/mol. The first-order chi connectivity index (χ1) is 10.4. The Hall–Kier alpha value is -0.890. The Labute approximate surface area is 133 Å². The molecule has 0 spiro atoms. The molecule has 1 aliphatic rings. The van der Waals surface area contributed by atoms with Gasteiger partial charge in [-0.25, -0.2) is 4.79 Å². The summed E-state index contributed by atoms with van der Waals surface area (Å²) < 4.78 is 15.9. The second-order valence-electron chi connectivity index (χ2n) is 6.46. The molecule has 7 heteroatoms. The van der Waals surface area contributed by atoms with E-state index >= 15 is 0 Å². The molecule has 1 heterocycles. The van der Waals surface area contributed by atoms with Crippen LogP contribution in [0.5, 0.6) is 0 Å². The van der Waals surface area contributed by atoms with Crippen LogP contribution in [0.15, 0.2) is 0 Å². The van der Waals surface area contributed by atoms with Gasteiger partial charge < -0.3 is 24.8 Å². The second-order valence-corrected chi connectivity index (χ2v) is 6.46. The molecule has 2 N–H and O–H groups in total. The first-order valence-corrected chi connectivity index (χ1v) is 7.86. The molecule has 130 valence electrons. The Kier molecular flexibility index (Phi) is 8.09. The van der Waals surface area contributed by atoms with E-state index in [0.29, 0.717) is 39.5 Å². The zero-order chi connectivity index (χ0) is 16.6. The molecule has 1 unspecified atom stereocenters. The van der Waals surface area contributed by atoms with Crippen molar-refractivity contribution < 1.29 is 19.0 Å². The molecule has 1 amide bonds. The minimum Gasteiger partial charge on any atom is -0.444 e. The van der Waals surface area contributed by atoms with Crippen LogP contribution >= 0.6 is 0 Å². The Morgan fingerprint density at radius 2 is 1.95 bits per heavy atom. The topological polar surface area (TPSA) is 77.3 Å². The van der Waals surface area contributed by atoms with Crippen LogP contribution in [0, 0.1) is 0 Å². The van der Waals surface area contributed by atoms with Crippen molar-refractivity contribution in [2.45, 2.75) is 32.4 Å². The highest BCUT2D eigenvalue weighted by Crippen LogP contribution is 2.14. The maximum Gasteiger partial charge on any atom is 0.410 e. The van der Waals surface area contributed by atoms with Crippen LogP contribution in [0.3, 0.4) is 0 Å². The van der Waals surface area contributed by atoms with E-state index in [-0.39, 0.29) is 12.1 Å². The van der Waals surface area contributed by atoms with Gasteiger partial charge in [0, 0.05) is 45.9 Å². The number of hydrogen-bond acceptors (Lipinski definition) is 6. The van der Waals surface area contributed by atoms with Crippen molar-refractivity contribution in [3.8, 4) is 0 Å². The Morgan fingerprint density at radius 1 is 1.23 bits per heavy atom. The standard InChI is InChI=1S/C15H31N3O4/c1-15(2,3)22-14(19)18-6-5-17(13(11-16)12-18)7-8-21-10-9-20-4/h13H,5-12,16H2,1-4H3. The molecule has 0 aromatic carbocycles. The van der Waals surface area contributed by atoms with Crippen LogP contribution in [-0.4, -0.2) is 87.2 Å². The quantitative estimate of drug-likeness (QED) is 0.690. The smallest absolute Gasteiger partial charge is 0.410 e. The normalized spacial score (nSPS) is 20.2. The van der Waals surface area contributed by atoms with Gasteiger partial charge in [-0.15, -0.1) is 0 Å². The number of nitrogens with two attached hydrogens (primary N) is 1. The molecule has 1 saturated heterocycles. The van der Waals surface area contributed by atoms with Crippen molar-refractivity contribution in [1.29, 1.82) is 0 Å². The van der Waals surface area contributed by atoms with E-state index in [1.807, 2.05) is 20.8 Å². The highest BCUT2D eigenvalue weighted by atomic mass is 16.6. The number of amides is 1. The zero-order valence-electron chi connectivity index (χ0n) is 14.3. The van der Waals surface area contributed by atoms with Gasteiger partial charge in [0.15, 0.2) is 0 Å². The summed E-state index contributed by atoms with van der Waals surface area (Å²) in [5.74, 6) is 0. The summed E-state index contributed by atoms with van der Waals surface area (Å²) in [4.78, 5) is 16.1. The minimum absolute atomic E-state index is 0.146. The molecule has 1 atom stereocenters. The van der Waals surface area contributed by atoms with E-state index < -0.39 is 5.60 Å². The van der Waals surface area contributed by atoms with E-state index in [2.05, 4.69) is 4.90 Å². The van der Waals surface area contributed by atoms with Gasteiger partial charge in [0.25, 0.3) is 0 Å². The summed E-state index contributed by atoms with van der Waals surface area (Å²) in [6, 6.07) is 0.146. The molecular weight excluding hydrogens is 286 g/mol. The third-order valence-electron chi connectivity index (χ3n) is 3.48. The van der Waals surface area contributed by atoms with E-state index in [0.717, 1.165) is 13.1 Å². The molecule has 0 bridgehead atoms. The molecular formula is C15H31N3O4. The van der Waals surface area contributed by atoms with Crippen LogP contribution in [-0.2, 0) is 14.2 Å². The number of rotatable bonds is 7. The lowest BCUT2D eigenvalue weighted by atomic mass is 10.1. The number of nitrogens with zero attached hydrogens (tertiary/aromatic N) is 2. The maximum atomic E-state index is 12.1. The first-order valence-electron chi connectivity index (χ1n) is 7.86. The third kappa shape index (κ3) is 6.91. The van der Waals surface area contributed by atoms with Crippen LogP contribution in [0.2, 0.25) is 0 Å². The maximum absolute atomic E-state index is 12.1. The summed E-state index contributed by atoms with van der Waals surface area (Å²) in [6.45, 7) is 10.8. The van der Waals surface area contributed by atoms with Crippen LogP contribution < -0.4 is 5.73 Å². The summed E-state index contributed by atoms with van der Waals surface area (Å²) in [7, 11) is 1.66. The molecule has 1 fully saturated rings. The summed E-state index contributed by atoms with van der Waals surface area (Å²) in [5.41, 5.74) is 5.38. The second kappa shape index (κ2) is 9.29. The predicted octanol–water partition coefficient (Wildman–Crippen LogP) is 0.529. The highest BCUT2D eigenvalue weighted by molar-refractivity contribution is 5.68. The molecule has 7 nitrogen and oxygen atoms in total. The van der Waals surface area contributed by atoms with Gasteiger partial charge in [-0.3, -0.25) is 4.90 Å². The monoisotopic (exact) mass is 317 g/mol. The van der Waals surface area contributed by atoms with Crippen molar-refractivity contribution in [3.63, 3.8) is 0 Å². The number of piperazine rings is 1. The summed E-state index contributed by atoms with van der Waals surface area (Å²) in [5, 5.41) is 0. The summed E-state index contributed by atoms with van der Waals surface area (Å²) >= 11 is 0. The third-order valence-corrected chi connectivity index (χ3v) is 3.48. The number of methoxy groups -OCH3 is 1. The van der Waals surface area contributed by atoms with Crippen molar-refractivity contribution in [1.82, 2.24) is 9.80 Å². The summed E-state index contributed by atoms with van der Waals surface area (Å²) in [6.07, 6.45) is -0.262. The molecule has 0 saturated carbocycles. The van der Waals surface area contributed by atoms with Crippen molar-refractivity contribution in [2.24, 2.45) is 5.73 Å². The lowest BCUT2D eigenvalue weighted by Crippen LogP contribution is -2.58. The molecule has 0 aromatic rings. The molecule has 0 aliphatic carbocycles. The zero-order valence-corrected chi connectivity index (χ0v) is 14.3. The van der Waals surface area contributed by atoms with Gasteiger partial charge in [-0.2, -0.15) is 0 Å². The number of hydrogen-bond donors (Lipinski definition) is 1. The highest BCUT2D eigenvalue weighted by Gasteiger charge is 2.30. The number of carbonyl (C=O) groups is 1. The van der Waals surface area contributed by atoms with Crippen molar-refractivity contribution in [2.75, 3.05) is 59.7 Å². The van der Waals surface area contributed by atoms with Gasteiger partial charge in [-0.05, 0) is 20.8 Å². The Balaban J connectivity index is 2.38. The fraction of sp³-hybridized carbons (Fsp3) is 0.933. The SMILES string of the molecule is COCCOCCN1CCN(C(=O)OC(C)(C)C)CC1CN. The molecule has 0 aromatic heterocycles. The van der Waals surface area contributed by atoms with E-state index in [1.165, 1.54) is 0 Å². The fourth-order valence-electron chi connectivity index (χ4n) is 2.33. The minimum atomic E-state index is -0.471. The molecule has 1 aliphatic heterocycles. The molecule has 0 radical (unpaired) electrons. The van der Waals surface area contributed by atoms with Gasteiger partial charge in [0.2, 0.25) is 0 Å². The lowest BCUT2D eigenvalue weighted by Gasteiger charge is -2.41. The van der Waals surface area contributed by atoms with Gasteiger partial charge in [0.05, 0.1) is 19.8 Å². The van der Waals surface area contributed by atoms with Gasteiger partial charge >= 0.3 is 6.09 Å². The lowest BCUT2D eigenvalue weighted by molar-refractivity contribution is -0.00280. The largest absolute Gasteiger partial charge is 0.444 e.